The van der Waals surface area contributed by atoms with E-state index >= 15 is 0 Å². The quantitative estimate of drug-likeness (QED) is 0.584. The molecule has 0 spiro atoms. The highest BCUT2D eigenvalue weighted by atomic mass is 35.5. The van der Waals surface area contributed by atoms with Crippen LogP contribution in [0.25, 0.3) is 0 Å². The maximum Gasteiger partial charge on any atom is 0.170 e. The molecule has 0 unspecified atom stereocenters. The number of hydrogen-bond acceptors (Lipinski definition) is 2. The summed E-state index contributed by atoms with van der Waals surface area (Å²) < 4.78 is 15.0. The van der Waals surface area contributed by atoms with Gasteiger partial charge in [0.25, 0.3) is 0 Å². The molecule has 130 valence electrons. The third kappa shape index (κ3) is 4.68. The van der Waals surface area contributed by atoms with Crippen LogP contribution in [0.5, 0.6) is 0 Å². The smallest absolute Gasteiger partial charge is 0.170 e. The molecule has 0 fully saturated rings. The lowest BCUT2D eigenvalue weighted by atomic mass is 10.2. The van der Waals surface area contributed by atoms with Gasteiger partial charge in [0.05, 0.1) is 23.6 Å². The van der Waals surface area contributed by atoms with Crippen molar-refractivity contribution in [1.82, 2.24) is 15.1 Å². The van der Waals surface area contributed by atoms with E-state index in [1.54, 1.807) is 6.07 Å². The van der Waals surface area contributed by atoms with Gasteiger partial charge in [0, 0.05) is 11.6 Å². The van der Waals surface area contributed by atoms with Crippen LogP contribution in [0.1, 0.15) is 36.7 Å². The van der Waals surface area contributed by atoms with E-state index in [0.29, 0.717) is 16.7 Å². The van der Waals surface area contributed by atoms with Gasteiger partial charge in [-0.15, -0.1) is 0 Å². The lowest BCUT2D eigenvalue weighted by Gasteiger charge is -2.11. The first kappa shape index (κ1) is 18.7. The zero-order valence-corrected chi connectivity index (χ0v) is 15.7. The molecule has 0 amide bonds. The largest absolute Gasteiger partial charge is 0.362 e. The van der Waals surface area contributed by atoms with Crippen molar-refractivity contribution >= 4 is 34.6 Å². The molecule has 1 aromatic heterocycles. The Bertz CT molecular complexity index is 730. The molecular weight excluding hydrogens is 347 g/mol. The van der Waals surface area contributed by atoms with Gasteiger partial charge in [-0.3, -0.25) is 4.68 Å². The van der Waals surface area contributed by atoms with Crippen molar-refractivity contribution in [2.24, 2.45) is 0 Å². The number of unbranched alkanes of at least 4 members (excludes halogenated alkanes) is 1. The van der Waals surface area contributed by atoms with Crippen molar-refractivity contribution in [3.8, 4) is 0 Å². The average Bonchev–Trinajstić information content (AvgIpc) is 2.78. The van der Waals surface area contributed by atoms with E-state index in [-0.39, 0.29) is 5.82 Å². The summed E-state index contributed by atoms with van der Waals surface area (Å²) in [5.41, 5.74) is 3.51. The van der Waals surface area contributed by atoms with Crippen molar-refractivity contribution < 1.29 is 4.39 Å². The fourth-order valence-electron chi connectivity index (χ4n) is 2.38. The van der Waals surface area contributed by atoms with E-state index in [1.807, 2.05) is 18.5 Å². The highest BCUT2D eigenvalue weighted by molar-refractivity contribution is 7.80. The first-order valence-corrected chi connectivity index (χ1v) is 8.73. The fourth-order valence-corrected chi connectivity index (χ4v) is 2.81. The fraction of sp³-hybridized carbons (Fsp3) is 0.412. The van der Waals surface area contributed by atoms with Gasteiger partial charge in [0.2, 0.25) is 0 Å². The Labute approximate surface area is 152 Å². The van der Waals surface area contributed by atoms with Crippen LogP contribution in [0, 0.1) is 19.7 Å². The minimum Gasteiger partial charge on any atom is -0.362 e. The topological polar surface area (TPSA) is 41.9 Å². The number of hydrogen-bond donors (Lipinski definition) is 2. The number of nitrogens with one attached hydrogen (secondary N) is 2. The van der Waals surface area contributed by atoms with Gasteiger partial charge in [-0.25, -0.2) is 4.39 Å². The third-order valence-electron chi connectivity index (χ3n) is 3.77. The van der Waals surface area contributed by atoms with Crippen LogP contribution in [0.4, 0.5) is 10.1 Å². The summed E-state index contributed by atoms with van der Waals surface area (Å²) in [7, 11) is 0. The van der Waals surface area contributed by atoms with Crippen molar-refractivity contribution in [3.63, 3.8) is 0 Å². The highest BCUT2D eigenvalue weighted by Gasteiger charge is 2.14. The molecule has 4 nitrogen and oxygen atoms in total. The maximum absolute atomic E-state index is 13.2. The Morgan fingerprint density at radius 1 is 1.38 bits per heavy atom. The number of nitrogens with zero attached hydrogens (tertiary/aromatic N) is 2. The van der Waals surface area contributed by atoms with E-state index in [2.05, 4.69) is 22.7 Å². The van der Waals surface area contributed by atoms with Crippen LogP contribution in [0.3, 0.4) is 0 Å². The number of aryl methyl sites for hydroxylation is 1. The average molecular weight is 369 g/mol. The van der Waals surface area contributed by atoms with E-state index in [0.717, 1.165) is 42.0 Å². The van der Waals surface area contributed by atoms with E-state index < -0.39 is 0 Å². The molecule has 1 heterocycles. The van der Waals surface area contributed by atoms with Crippen molar-refractivity contribution in [3.05, 3.63) is 46.0 Å². The number of thiocarbonyl (C=S) groups is 1. The summed E-state index contributed by atoms with van der Waals surface area (Å²) in [4.78, 5) is 0. The molecule has 1 aromatic carbocycles. The number of aromatic nitrogens is 2. The Balaban J connectivity index is 2.12. The summed E-state index contributed by atoms with van der Waals surface area (Å²) in [5.74, 6) is -0.344. The van der Waals surface area contributed by atoms with E-state index in [1.165, 1.54) is 12.1 Å². The third-order valence-corrected chi connectivity index (χ3v) is 4.37. The molecule has 0 aliphatic heterocycles. The van der Waals surface area contributed by atoms with Crippen LogP contribution >= 0.6 is 23.8 Å². The normalized spacial score (nSPS) is 10.7. The van der Waals surface area contributed by atoms with Crippen LogP contribution in [0.2, 0.25) is 5.02 Å². The minimum absolute atomic E-state index is 0.344. The van der Waals surface area contributed by atoms with Gasteiger partial charge < -0.3 is 10.6 Å². The van der Waals surface area contributed by atoms with Crippen LogP contribution in [0.15, 0.2) is 18.2 Å². The molecule has 0 atom stereocenters. The number of anilines is 1. The second kappa shape index (κ2) is 8.44. The summed E-state index contributed by atoms with van der Waals surface area (Å²) >= 11 is 11.4. The molecule has 2 N–H and O–H groups in total. The molecule has 24 heavy (non-hydrogen) atoms. The minimum atomic E-state index is -0.344. The molecule has 0 aliphatic carbocycles. The van der Waals surface area contributed by atoms with Crippen molar-refractivity contribution in [2.45, 2.75) is 40.2 Å². The van der Waals surface area contributed by atoms with Gasteiger partial charge in [0.15, 0.2) is 5.11 Å². The maximum atomic E-state index is 13.2. The second-order valence-electron chi connectivity index (χ2n) is 5.67. The van der Waals surface area contributed by atoms with Gasteiger partial charge in [-0.2, -0.15) is 5.10 Å². The summed E-state index contributed by atoms with van der Waals surface area (Å²) in [6.07, 6.45) is 2.19. The Morgan fingerprint density at radius 3 is 2.79 bits per heavy atom. The molecule has 2 rings (SSSR count). The Hall–Kier alpha value is -1.66. The lowest BCUT2D eigenvalue weighted by molar-refractivity contribution is 0.622. The monoisotopic (exact) mass is 368 g/mol. The molecular formula is C17H22ClFN4S. The lowest BCUT2D eigenvalue weighted by Crippen LogP contribution is -2.29. The van der Waals surface area contributed by atoms with Crippen LogP contribution < -0.4 is 10.6 Å². The number of benzene rings is 1. The second-order valence-corrected chi connectivity index (χ2v) is 6.49. The zero-order valence-electron chi connectivity index (χ0n) is 14.1. The number of halogens is 2. The number of rotatable bonds is 6. The Kier molecular flexibility index (Phi) is 6.57. The van der Waals surface area contributed by atoms with Gasteiger partial charge in [0.1, 0.15) is 5.82 Å². The first-order valence-electron chi connectivity index (χ1n) is 7.95. The SMILES string of the molecule is CCCCNC(=S)Nc1c(C)nn(Cc2ccc(F)cc2Cl)c1C. The van der Waals surface area contributed by atoms with Gasteiger partial charge >= 0.3 is 0 Å². The van der Waals surface area contributed by atoms with E-state index in [9.17, 15) is 4.39 Å². The molecule has 7 heteroatoms. The summed E-state index contributed by atoms with van der Waals surface area (Å²) in [6, 6.07) is 4.39. The molecule has 0 aliphatic rings. The molecule has 2 aromatic rings. The van der Waals surface area contributed by atoms with Crippen LogP contribution in [-0.2, 0) is 6.54 Å². The highest BCUT2D eigenvalue weighted by Crippen LogP contribution is 2.23. The van der Waals surface area contributed by atoms with Crippen molar-refractivity contribution in [1.29, 1.82) is 0 Å². The zero-order chi connectivity index (χ0) is 17.7. The standard InChI is InChI=1S/C17H22ClFN4S/c1-4-5-8-20-17(24)21-16-11(2)22-23(12(16)3)10-13-6-7-14(19)9-15(13)18/h6-7,9H,4-5,8,10H2,1-3H3,(H2,20,21,24). The van der Waals surface area contributed by atoms with Gasteiger partial charge in [-0.05, 0) is 50.2 Å². The molecule has 0 saturated heterocycles. The van der Waals surface area contributed by atoms with E-state index in [4.69, 9.17) is 23.8 Å². The molecule has 0 radical (unpaired) electrons. The first-order chi connectivity index (χ1) is 11.4. The summed E-state index contributed by atoms with van der Waals surface area (Å²) in [6.45, 7) is 7.35. The molecule has 0 bridgehead atoms. The predicted octanol–water partition coefficient (Wildman–Crippen LogP) is 4.43. The summed E-state index contributed by atoms with van der Waals surface area (Å²) in [5, 5.41) is 11.9. The van der Waals surface area contributed by atoms with Crippen molar-refractivity contribution in [2.75, 3.05) is 11.9 Å². The predicted molar refractivity (Wildman–Crippen MR) is 101 cm³/mol. The Morgan fingerprint density at radius 2 is 2.12 bits per heavy atom. The molecule has 0 saturated carbocycles. The van der Waals surface area contributed by atoms with Crippen LogP contribution in [-0.4, -0.2) is 21.4 Å². The van der Waals surface area contributed by atoms with Gasteiger partial charge in [-0.1, -0.05) is 31.0 Å².